The normalized spacial score (nSPS) is 21.3. The SMILES string of the molecule is C[C@H]1CCN2C(=O)c3c(O)c(=O)c(C(=O)CCc4ccc(F)cc4)cn3CC2N1C. The molecule has 0 radical (unpaired) electrons. The number of ketones is 1. The highest BCUT2D eigenvalue weighted by molar-refractivity contribution is 6.00. The van der Waals surface area contributed by atoms with Crippen LogP contribution in [0.25, 0.3) is 0 Å². The lowest BCUT2D eigenvalue weighted by atomic mass is 10.0. The molecule has 0 aliphatic carbocycles. The van der Waals surface area contributed by atoms with E-state index in [1.807, 2.05) is 7.05 Å². The lowest BCUT2D eigenvalue weighted by Crippen LogP contribution is -2.62. The van der Waals surface area contributed by atoms with Gasteiger partial charge in [0.15, 0.2) is 17.2 Å². The highest BCUT2D eigenvalue weighted by Crippen LogP contribution is 2.29. The van der Waals surface area contributed by atoms with E-state index in [0.717, 1.165) is 12.0 Å². The molecule has 0 bridgehead atoms. The second-order valence-corrected chi connectivity index (χ2v) is 8.05. The largest absolute Gasteiger partial charge is 0.503 e. The molecule has 1 aromatic carbocycles. The molecule has 8 heteroatoms. The van der Waals surface area contributed by atoms with Crippen molar-refractivity contribution in [2.75, 3.05) is 13.6 Å². The number of hydrogen-bond acceptors (Lipinski definition) is 5. The fourth-order valence-corrected chi connectivity index (χ4v) is 4.23. The molecule has 30 heavy (non-hydrogen) atoms. The van der Waals surface area contributed by atoms with Gasteiger partial charge in [-0.15, -0.1) is 0 Å². The second-order valence-electron chi connectivity index (χ2n) is 8.05. The second kappa shape index (κ2) is 7.68. The van der Waals surface area contributed by atoms with Crippen LogP contribution in [0.1, 0.15) is 46.2 Å². The van der Waals surface area contributed by atoms with E-state index in [0.29, 0.717) is 25.6 Å². The van der Waals surface area contributed by atoms with Crippen LogP contribution in [0.3, 0.4) is 0 Å². The third-order valence-electron chi connectivity index (χ3n) is 6.25. The predicted molar refractivity (Wildman–Crippen MR) is 108 cm³/mol. The fraction of sp³-hybridized carbons (Fsp3) is 0.409. The van der Waals surface area contributed by atoms with E-state index in [1.165, 1.54) is 22.9 Å². The van der Waals surface area contributed by atoms with Crippen molar-refractivity contribution >= 4 is 11.7 Å². The van der Waals surface area contributed by atoms with Crippen LogP contribution in [-0.4, -0.2) is 57.0 Å². The van der Waals surface area contributed by atoms with Crippen LogP contribution >= 0.6 is 0 Å². The van der Waals surface area contributed by atoms with Gasteiger partial charge in [0.05, 0.1) is 12.1 Å². The number of Topliss-reactive ketones (excluding diaryl/α,β-unsaturated/α-hetero) is 1. The summed E-state index contributed by atoms with van der Waals surface area (Å²) < 4.78 is 14.6. The van der Waals surface area contributed by atoms with E-state index in [-0.39, 0.29) is 29.7 Å². The summed E-state index contributed by atoms with van der Waals surface area (Å²) in [5.41, 5.74) is -0.244. The molecule has 2 aliphatic rings. The molecular weight excluding hydrogens is 389 g/mol. The Bertz CT molecular complexity index is 1060. The first-order chi connectivity index (χ1) is 14.3. The molecule has 0 saturated carbocycles. The van der Waals surface area contributed by atoms with Crippen LogP contribution in [0.4, 0.5) is 4.39 Å². The Morgan fingerprint density at radius 2 is 1.93 bits per heavy atom. The number of rotatable bonds is 4. The summed E-state index contributed by atoms with van der Waals surface area (Å²) in [6.07, 6.45) is 2.39. The molecular formula is C22H24FN3O4. The summed E-state index contributed by atoms with van der Waals surface area (Å²) in [6.45, 7) is 3.01. The van der Waals surface area contributed by atoms with Gasteiger partial charge >= 0.3 is 0 Å². The molecule has 1 N–H and O–H groups in total. The number of amides is 1. The van der Waals surface area contributed by atoms with Gasteiger partial charge in [0.2, 0.25) is 5.43 Å². The van der Waals surface area contributed by atoms with Crippen molar-refractivity contribution in [1.82, 2.24) is 14.4 Å². The summed E-state index contributed by atoms with van der Waals surface area (Å²) in [4.78, 5) is 42.1. The topological polar surface area (TPSA) is 82.9 Å². The van der Waals surface area contributed by atoms with Gasteiger partial charge < -0.3 is 14.6 Å². The number of aryl methyl sites for hydroxylation is 1. The van der Waals surface area contributed by atoms with Crippen LogP contribution in [0.15, 0.2) is 35.3 Å². The number of pyridine rings is 1. The lowest BCUT2D eigenvalue weighted by Gasteiger charge is -2.48. The zero-order chi connectivity index (χ0) is 21.6. The molecule has 1 saturated heterocycles. The zero-order valence-electron chi connectivity index (χ0n) is 17.0. The first-order valence-electron chi connectivity index (χ1n) is 10.0. The van der Waals surface area contributed by atoms with Gasteiger partial charge in [0, 0.05) is 25.2 Å². The molecule has 1 unspecified atom stereocenters. The predicted octanol–water partition coefficient (Wildman–Crippen LogP) is 2.01. The van der Waals surface area contributed by atoms with Gasteiger partial charge in [-0.2, -0.15) is 0 Å². The van der Waals surface area contributed by atoms with Gasteiger partial charge in [-0.05, 0) is 44.5 Å². The molecule has 1 amide bonds. The van der Waals surface area contributed by atoms with Gasteiger partial charge in [-0.3, -0.25) is 19.3 Å². The molecule has 0 spiro atoms. The summed E-state index contributed by atoms with van der Waals surface area (Å²) >= 11 is 0. The summed E-state index contributed by atoms with van der Waals surface area (Å²) in [6, 6.07) is 6.11. The number of hydrogen-bond donors (Lipinski definition) is 1. The number of benzene rings is 1. The quantitative estimate of drug-likeness (QED) is 0.776. The molecule has 7 nitrogen and oxygen atoms in total. The van der Waals surface area contributed by atoms with Crippen LogP contribution in [0, 0.1) is 5.82 Å². The molecule has 2 aromatic rings. The van der Waals surface area contributed by atoms with E-state index < -0.39 is 22.9 Å². The number of aromatic nitrogens is 1. The molecule has 1 fully saturated rings. The van der Waals surface area contributed by atoms with Crippen molar-refractivity contribution in [3.8, 4) is 5.75 Å². The van der Waals surface area contributed by atoms with Crippen LogP contribution in [-0.2, 0) is 13.0 Å². The van der Waals surface area contributed by atoms with E-state index in [2.05, 4.69) is 11.8 Å². The minimum absolute atomic E-state index is 0.0418. The van der Waals surface area contributed by atoms with E-state index in [4.69, 9.17) is 0 Å². The summed E-state index contributed by atoms with van der Waals surface area (Å²) in [7, 11) is 1.94. The number of carbonyl (C=O) groups is 2. The minimum Gasteiger partial charge on any atom is -0.503 e. The average Bonchev–Trinajstić information content (AvgIpc) is 2.73. The first-order valence-corrected chi connectivity index (χ1v) is 10.0. The van der Waals surface area contributed by atoms with Crippen LogP contribution in [0.5, 0.6) is 5.75 Å². The van der Waals surface area contributed by atoms with Crippen molar-refractivity contribution in [3.63, 3.8) is 0 Å². The summed E-state index contributed by atoms with van der Waals surface area (Å²) in [5.74, 6) is -1.85. The fourth-order valence-electron chi connectivity index (χ4n) is 4.23. The van der Waals surface area contributed by atoms with Gasteiger partial charge in [-0.25, -0.2) is 4.39 Å². The first kappa shape index (κ1) is 20.3. The van der Waals surface area contributed by atoms with Crippen molar-refractivity contribution in [3.05, 3.63) is 63.3 Å². The monoisotopic (exact) mass is 413 g/mol. The Hall–Kier alpha value is -3.00. The van der Waals surface area contributed by atoms with E-state index in [9.17, 15) is 23.9 Å². The highest BCUT2D eigenvalue weighted by atomic mass is 19.1. The Balaban J connectivity index is 1.63. The molecule has 4 rings (SSSR count). The van der Waals surface area contributed by atoms with Gasteiger partial charge in [0.1, 0.15) is 12.0 Å². The Morgan fingerprint density at radius 3 is 2.63 bits per heavy atom. The maximum absolute atomic E-state index is 13.0. The number of carbonyl (C=O) groups excluding carboxylic acids is 2. The Labute approximate surface area is 173 Å². The van der Waals surface area contributed by atoms with Gasteiger partial charge in [-0.1, -0.05) is 12.1 Å². The average molecular weight is 413 g/mol. The van der Waals surface area contributed by atoms with Crippen molar-refractivity contribution in [2.45, 2.75) is 44.9 Å². The molecule has 158 valence electrons. The smallest absolute Gasteiger partial charge is 0.275 e. The van der Waals surface area contributed by atoms with E-state index >= 15 is 0 Å². The maximum Gasteiger partial charge on any atom is 0.275 e. The number of fused-ring (bicyclic) bond motifs is 2. The van der Waals surface area contributed by atoms with E-state index in [1.54, 1.807) is 17.0 Å². The lowest BCUT2D eigenvalue weighted by molar-refractivity contribution is -0.0196. The Kier molecular flexibility index (Phi) is 5.19. The third kappa shape index (κ3) is 3.41. The molecule has 1 aromatic heterocycles. The van der Waals surface area contributed by atoms with Crippen LogP contribution in [0.2, 0.25) is 0 Å². The maximum atomic E-state index is 13.0. The highest BCUT2D eigenvalue weighted by Gasteiger charge is 2.41. The van der Waals surface area contributed by atoms with Crippen molar-refractivity contribution < 1.29 is 19.1 Å². The molecule has 2 atom stereocenters. The van der Waals surface area contributed by atoms with Crippen LogP contribution < -0.4 is 5.43 Å². The number of halogens is 1. The standard InChI is InChI=1S/C22H24FN3O4/c1-13-9-10-26-18(24(13)2)12-25-11-16(20(28)21(29)19(25)22(26)30)17(27)8-5-14-3-6-15(23)7-4-14/h3-4,6-7,11,13,18,29H,5,8-10,12H2,1-2H3/t13-,18?/m0/s1. The third-order valence-corrected chi connectivity index (χ3v) is 6.25. The van der Waals surface area contributed by atoms with Crippen molar-refractivity contribution in [2.24, 2.45) is 0 Å². The number of aromatic hydroxyl groups is 1. The van der Waals surface area contributed by atoms with Crippen molar-refractivity contribution in [1.29, 1.82) is 0 Å². The summed E-state index contributed by atoms with van der Waals surface area (Å²) in [5, 5.41) is 10.5. The molecule has 3 heterocycles. The van der Waals surface area contributed by atoms with Gasteiger partial charge in [0.25, 0.3) is 5.91 Å². The zero-order valence-corrected chi connectivity index (χ0v) is 17.0. The number of likely N-dealkylation sites (N-methyl/N-ethyl adjacent to an activating group) is 1. The Morgan fingerprint density at radius 1 is 1.23 bits per heavy atom. The number of nitrogens with zero attached hydrogens (tertiary/aromatic N) is 3. The minimum atomic E-state index is -0.823. The molecule has 2 aliphatic heterocycles.